The van der Waals surface area contributed by atoms with Gasteiger partial charge in [-0.2, -0.15) is 0 Å². The minimum absolute atomic E-state index is 0.812. The highest BCUT2D eigenvalue weighted by Gasteiger charge is 2.17. The van der Waals surface area contributed by atoms with E-state index in [0.717, 1.165) is 65.4 Å². The molecule has 33 heavy (non-hydrogen) atoms. The quantitative estimate of drug-likeness (QED) is 0.446. The SMILES string of the molecule is CC.CCc1ccc(CNCC2CCC(C)CC2)o1.Cc1nc(N(C)C)c2ccccc2n1. The number of aryl methyl sites for hydroxylation is 2. The summed E-state index contributed by atoms with van der Waals surface area (Å²) >= 11 is 0. The number of hydrogen-bond donors (Lipinski definition) is 1. The third-order valence-electron chi connectivity index (χ3n) is 6.05. The van der Waals surface area contributed by atoms with Gasteiger partial charge in [0.25, 0.3) is 0 Å². The third-order valence-corrected chi connectivity index (χ3v) is 6.05. The van der Waals surface area contributed by atoms with Crippen LogP contribution < -0.4 is 10.2 Å². The van der Waals surface area contributed by atoms with Crippen LogP contribution in [0, 0.1) is 18.8 Å². The van der Waals surface area contributed by atoms with E-state index in [0.29, 0.717) is 0 Å². The molecule has 3 aromatic rings. The number of anilines is 1. The lowest BCUT2D eigenvalue weighted by Crippen LogP contribution is -2.25. The number of fused-ring (bicyclic) bond motifs is 1. The highest BCUT2D eigenvalue weighted by molar-refractivity contribution is 5.89. The molecule has 1 N–H and O–H groups in total. The van der Waals surface area contributed by atoms with E-state index in [1.165, 1.54) is 25.7 Å². The molecule has 5 heteroatoms. The molecule has 2 aromatic heterocycles. The van der Waals surface area contributed by atoms with Crippen LogP contribution in [0.25, 0.3) is 10.9 Å². The van der Waals surface area contributed by atoms with Crippen LogP contribution in [0.3, 0.4) is 0 Å². The van der Waals surface area contributed by atoms with Gasteiger partial charge in [0.2, 0.25) is 0 Å². The van der Waals surface area contributed by atoms with E-state index in [2.05, 4.69) is 41.3 Å². The average molecular weight is 453 g/mol. The van der Waals surface area contributed by atoms with Crippen molar-refractivity contribution < 1.29 is 4.42 Å². The van der Waals surface area contributed by atoms with Crippen LogP contribution in [-0.4, -0.2) is 30.6 Å². The predicted molar refractivity (Wildman–Crippen MR) is 141 cm³/mol. The Morgan fingerprint density at radius 2 is 1.64 bits per heavy atom. The largest absolute Gasteiger partial charge is 0.465 e. The predicted octanol–water partition coefficient (Wildman–Crippen LogP) is 6.79. The first-order valence-electron chi connectivity index (χ1n) is 12.6. The summed E-state index contributed by atoms with van der Waals surface area (Å²) in [5, 5.41) is 4.63. The molecule has 1 aromatic carbocycles. The Bertz CT molecular complexity index is 942. The van der Waals surface area contributed by atoms with Crippen molar-refractivity contribution >= 4 is 16.7 Å². The molecule has 2 heterocycles. The number of nitrogens with zero attached hydrogens (tertiary/aromatic N) is 3. The molecule has 182 valence electrons. The van der Waals surface area contributed by atoms with Crippen molar-refractivity contribution in [1.82, 2.24) is 15.3 Å². The molecular weight excluding hydrogens is 408 g/mol. The summed E-state index contributed by atoms with van der Waals surface area (Å²) < 4.78 is 5.68. The molecule has 0 bridgehead atoms. The summed E-state index contributed by atoms with van der Waals surface area (Å²) in [6.45, 7) is 12.4. The van der Waals surface area contributed by atoms with Gasteiger partial charge in [0.1, 0.15) is 23.2 Å². The lowest BCUT2D eigenvalue weighted by atomic mass is 9.83. The highest BCUT2D eigenvalue weighted by Crippen LogP contribution is 2.27. The molecule has 1 aliphatic carbocycles. The molecule has 1 aliphatic rings. The third kappa shape index (κ3) is 8.47. The molecule has 1 saturated carbocycles. The molecular formula is C28H44N4O. The fourth-order valence-corrected chi connectivity index (χ4v) is 4.15. The molecule has 0 amide bonds. The maximum atomic E-state index is 5.68. The fraction of sp³-hybridized carbons (Fsp3) is 0.571. The van der Waals surface area contributed by atoms with Crippen molar-refractivity contribution in [3.8, 4) is 0 Å². The summed E-state index contributed by atoms with van der Waals surface area (Å²) in [4.78, 5) is 10.8. The number of furan rings is 1. The molecule has 0 atom stereocenters. The van der Waals surface area contributed by atoms with Gasteiger partial charge in [-0.3, -0.25) is 0 Å². The highest BCUT2D eigenvalue weighted by atomic mass is 16.3. The van der Waals surface area contributed by atoms with Crippen LogP contribution in [-0.2, 0) is 13.0 Å². The van der Waals surface area contributed by atoms with Gasteiger partial charge in [0.05, 0.1) is 12.1 Å². The number of hydrogen-bond acceptors (Lipinski definition) is 5. The maximum Gasteiger partial charge on any atom is 0.139 e. The summed E-state index contributed by atoms with van der Waals surface area (Å²) in [6, 6.07) is 12.2. The van der Waals surface area contributed by atoms with E-state index in [1.54, 1.807) is 0 Å². The number of benzene rings is 1. The maximum absolute atomic E-state index is 5.68. The van der Waals surface area contributed by atoms with Gasteiger partial charge >= 0.3 is 0 Å². The Labute approximate surface area is 201 Å². The fourth-order valence-electron chi connectivity index (χ4n) is 4.15. The van der Waals surface area contributed by atoms with Gasteiger partial charge in [-0.1, -0.05) is 52.7 Å². The topological polar surface area (TPSA) is 54.2 Å². The second kappa shape index (κ2) is 14.0. The summed E-state index contributed by atoms with van der Waals surface area (Å²) in [5.74, 6) is 5.79. The van der Waals surface area contributed by atoms with Crippen molar-refractivity contribution in [2.45, 2.75) is 73.3 Å². The van der Waals surface area contributed by atoms with Crippen LogP contribution in [0.1, 0.15) is 70.7 Å². The number of rotatable bonds is 6. The normalized spacial score (nSPS) is 17.5. The summed E-state index contributed by atoms with van der Waals surface area (Å²) in [6.07, 6.45) is 6.60. The standard InChI is InChI=1S/C15H25NO.C11H13N3.C2H6/c1-3-14-8-9-15(17-14)11-16-10-13-6-4-12(2)5-7-13;1-8-12-10-7-5-4-6-9(10)11(13-8)14(2)3;1-2/h8-9,12-13,16H,3-7,10-11H2,1-2H3;4-7H,1-3H3;1-2H3. The Hall–Kier alpha value is -2.40. The molecule has 1 fully saturated rings. The van der Waals surface area contributed by atoms with E-state index >= 15 is 0 Å². The van der Waals surface area contributed by atoms with E-state index in [1.807, 2.05) is 64.0 Å². The van der Waals surface area contributed by atoms with Crippen LogP contribution in [0.15, 0.2) is 40.8 Å². The lowest BCUT2D eigenvalue weighted by Gasteiger charge is -2.26. The molecule has 0 unspecified atom stereocenters. The Morgan fingerprint density at radius 3 is 2.27 bits per heavy atom. The first kappa shape index (κ1) is 26.8. The number of nitrogens with one attached hydrogen (secondary N) is 1. The molecule has 0 aliphatic heterocycles. The van der Waals surface area contributed by atoms with Crippen molar-refractivity contribution in [1.29, 1.82) is 0 Å². The van der Waals surface area contributed by atoms with Crippen molar-refractivity contribution in [3.63, 3.8) is 0 Å². The molecule has 0 spiro atoms. The minimum Gasteiger partial charge on any atom is -0.465 e. The van der Waals surface area contributed by atoms with Crippen LogP contribution in [0.2, 0.25) is 0 Å². The second-order valence-corrected chi connectivity index (χ2v) is 8.98. The monoisotopic (exact) mass is 452 g/mol. The molecule has 0 saturated heterocycles. The van der Waals surface area contributed by atoms with Crippen molar-refractivity contribution in [2.75, 3.05) is 25.5 Å². The first-order chi connectivity index (χ1) is 16.0. The van der Waals surface area contributed by atoms with Gasteiger partial charge in [0.15, 0.2) is 0 Å². The molecule has 0 radical (unpaired) electrons. The van der Waals surface area contributed by atoms with Gasteiger partial charge in [-0.25, -0.2) is 9.97 Å². The number of aromatic nitrogens is 2. The van der Waals surface area contributed by atoms with E-state index in [-0.39, 0.29) is 0 Å². The summed E-state index contributed by atoms with van der Waals surface area (Å²) in [7, 11) is 3.99. The first-order valence-corrected chi connectivity index (χ1v) is 12.6. The van der Waals surface area contributed by atoms with Gasteiger partial charge in [0, 0.05) is 25.9 Å². The minimum atomic E-state index is 0.812. The van der Waals surface area contributed by atoms with E-state index in [9.17, 15) is 0 Å². The van der Waals surface area contributed by atoms with Crippen LogP contribution in [0.4, 0.5) is 5.82 Å². The van der Waals surface area contributed by atoms with Crippen molar-refractivity contribution in [2.24, 2.45) is 11.8 Å². The van der Waals surface area contributed by atoms with Gasteiger partial charge in [-0.05, 0) is 62.4 Å². The van der Waals surface area contributed by atoms with Crippen LogP contribution >= 0.6 is 0 Å². The lowest BCUT2D eigenvalue weighted by molar-refractivity contribution is 0.279. The smallest absolute Gasteiger partial charge is 0.139 e. The van der Waals surface area contributed by atoms with Gasteiger partial charge < -0.3 is 14.6 Å². The Morgan fingerprint density at radius 1 is 0.970 bits per heavy atom. The zero-order chi connectivity index (χ0) is 24.2. The van der Waals surface area contributed by atoms with Crippen LogP contribution in [0.5, 0.6) is 0 Å². The molecule has 5 nitrogen and oxygen atoms in total. The second-order valence-electron chi connectivity index (χ2n) is 8.98. The van der Waals surface area contributed by atoms with E-state index < -0.39 is 0 Å². The zero-order valence-corrected chi connectivity index (χ0v) is 21.8. The van der Waals surface area contributed by atoms with E-state index in [4.69, 9.17) is 4.42 Å². The Kier molecular flexibility index (Phi) is 11.4. The number of para-hydroxylation sites is 1. The Balaban J connectivity index is 0.000000221. The van der Waals surface area contributed by atoms with Crippen molar-refractivity contribution in [3.05, 3.63) is 53.7 Å². The average Bonchev–Trinajstić information content (AvgIpc) is 3.29. The zero-order valence-electron chi connectivity index (χ0n) is 21.8. The van der Waals surface area contributed by atoms with Gasteiger partial charge in [-0.15, -0.1) is 0 Å². The molecule has 4 rings (SSSR count). The summed E-state index contributed by atoms with van der Waals surface area (Å²) in [5.41, 5.74) is 1.00.